The van der Waals surface area contributed by atoms with Gasteiger partial charge >= 0.3 is 0 Å². The van der Waals surface area contributed by atoms with Gasteiger partial charge < -0.3 is 0 Å². The molecular weight excluding hydrogens is 134 g/mol. The van der Waals surface area contributed by atoms with Gasteiger partial charge in [0.05, 0.1) is 12.1 Å². The lowest BCUT2D eigenvalue weighted by Gasteiger charge is -2.10. The minimum atomic E-state index is 0.552. The van der Waals surface area contributed by atoms with Crippen LogP contribution in [0.25, 0.3) is 0 Å². The number of nitrogens with zero attached hydrogens (tertiary/aromatic N) is 1. The molecule has 1 saturated heterocycles. The lowest BCUT2D eigenvalue weighted by atomic mass is 9.92. The van der Waals surface area contributed by atoms with Crippen molar-refractivity contribution in [2.75, 3.05) is 0 Å². The molecule has 2 unspecified atom stereocenters. The van der Waals surface area contributed by atoms with Gasteiger partial charge in [0, 0.05) is 0 Å². The van der Waals surface area contributed by atoms with Crippen molar-refractivity contribution in [1.29, 1.82) is 0 Å². The van der Waals surface area contributed by atoms with Gasteiger partial charge in [0.1, 0.15) is 0 Å². The zero-order valence-corrected chi connectivity index (χ0v) is 6.33. The molecule has 1 aromatic rings. The Bertz CT molecular complexity index is 264. The van der Waals surface area contributed by atoms with Crippen molar-refractivity contribution >= 4 is 0 Å². The third-order valence-corrected chi connectivity index (χ3v) is 2.79. The van der Waals surface area contributed by atoms with E-state index in [1.807, 2.05) is 0 Å². The van der Waals surface area contributed by atoms with E-state index in [9.17, 15) is 0 Å². The van der Waals surface area contributed by atoms with Gasteiger partial charge in [-0.05, 0) is 24.0 Å². The van der Waals surface area contributed by atoms with Crippen LogP contribution in [0.1, 0.15) is 36.1 Å². The first-order chi connectivity index (χ1) is 5.45. The zero-order valence-electron chi connectivity index (χ0n) is 6.33. The number of benzene rings is 1. The molecular formula is C10H10N. The maximum absolute atomic E-state index is 4.67. The standard InChI is InChI=1S/C10H10N/c1-2-4-8-7(3-1)9-5-6-10(8)11-9/h1-4,9-10H,5-6H2. The van der Waals surface area contributed by atoms with Crippen molar-refractivity contribution in [3.05, 3.63) is 35.4 Å². The molecule has 0 amide bonds. The van der Waals surface area contributed by atoms with Crippen LogP contribution in [0.2, 0.25) is 0 Å². The largest absolute Gasteiger partial charge is 0.226 e. The van der Waals surface area contributed by atoms with Crippen molar-refractivity contribution in [1.82, 2.24) is 5.32 Å². The van der Waals surface area contributed by atoms with Crippen LogP contribution in [0, 0.1) is 0 Å². The highest BCUT2D eigenvalue weighted by molar-refractivity contribution is 5.39. The van der Waals surface area contributed by atoms with Crippen LogP contribution in [0.3, 0.4) is 0 Å². The minimum Gasteiger partial charge on any atom is -0.226 e. The van der Waals surface area contributed by atoms with Crippen molar-refractivity contribution in [3.8, 4) is 0 Å². The molecule has 1 radical (unpaired) electrons. The van der Waals surface area contributed by atoms with Crippen LogP contribution in [0.15, 0.2) is 24.3 Å². The van der Waals surface area contributed by atoms with E-state index in [0.29, 0.717) is 12.1 Å². The Labute approximate surface area is 66.4 Å². The Kier molecular flexibility index (Phi) is 0.977. The summed E-state index contributed by atoms with van der Waals surface area (Å²) in [6.45, 7) is 0. The van der Waals surface area contributed by atoms with E-state index in [1.54, 1.807) is 0 Å². The summed E-state index contributed by atoms with van der Waals surface area (Å²) >= 11 is 0. The summed E-state index contributed by atoms with van der Waals surface area (Å²) in [5.41, 5.74) is 2.98. The molecule has 11 heavy (non-hydrogen) atoms. The molecule has 0 aromatic heterocycles. The maximum atomic E-state index is 4.67. The summed E-state index contributed by atoms with van der Waals surface area (Å²) in [6, 6.07) is 9.79. The van der Waals surface area contributed by atoms with Crippen LogP contribution < -0.4 is 5.32 Å². The molecule has 1 fully saturated rings. The predicted octanol–water partition coefficient (Wildman–Crippen LogP) is 2.18. The summed E-state index contributed by atoms with van der Waals surface area (Å²) in [6.07, 6.45) is 2.56. The quantitative estimate of drug-likeness (QED) is 0.530. The molecule has 0 N–H and O–H groups in total. The zero-order chi connectivity index (χ0) is 7.26. The number of hydrogen-bond donors (Lipinski definition) is 0. The lowest BCUT2D eigenvalue weighted by molar-refractivity contribution is 0.623. The van der Waals surface area contributed by atoms with E-state index < -0.39 is 0 Å². The SMILES string of the molecule is c1ccc2c(c1)C1CCC2[N]1. The second-order valence-corrected chi connectivity index (χ2v) is 3.39. The van der Waals surface area contributed by atoms with Gasteiger partial charge in [-0.2, -0.15) is 0 Å². The van der Waals surface area contributed by atoms with Crippen LogP contribution >= 0.6 is 0 Å². The average Bonchev–Trinajstić information content (AvgIpc) is 2.64. The van der Waals surface area contributed by atoms with Gasteiger partial charge in [0.15, 0.2) is 0 Å². The molecule has 2 atom stereocenters. The average molecular weight is 144 g/mol. The Hall–Kier alpha value is -0.820. The highest BCUT2D eigenvalue weighted by atomic mass is 15.0. The molecule has 2 aliphatic heterocycles. The van der Waals surface area contributed by atoms with Gasteiger partial charge in [-0.1, -0.05) is 24.3 Å². The monoisotopic (exact) mass is 144 g/mol. The molecule has 0 aliphatic carbocycles. The molecule has 1 aromatic carbocycles. The van der Waals surface area contributed by atoms with E-state index in [2.05, 4.69) is 29.6 Å². The minimum absolute atomic E-state index is 0.552. The molecule has 2 bridgehead atoms. The van der Waals surface area contributed by atoms with Crippen LogP contribution in [0.4, 0.5) is 0 Å². The van der Waals surface area contributed by atoms with Crippen LogP contribution in [-0.4, -0.2) is 0 Å². The number of rotatable bonds is 0. The fourth-order valence-corrected chi connectivity index (χ4v) is 2.27. The smallest absolute Gasteiger partial charge is 0.0506 e. The molecule has 2 aliphatic rings. The normalized spacial score (nSPS) is 32.4. The molecule has 1 heteroatoms. The van der Waals surface area contributed by atoms with Gasteiger partial charge in [0.2, 0.25) is 0 Å². The summed E-state index contributed by atoms with van der Waals surface area (Å²) in [5, 5.41) is 4.67. The summed E-state index contributed by atoms with van der Waals surface area (Å²) in [4.78, 5) is 0. The summed E-state index contributed by atoms with van der Waals surface area (Å²) in [7, 11) is 0. The van der Waals surface area contributed by atoms with Crippen molar-refractivity contribution in [2.45, 2.75) is 24.9 Å². The highest BCUT2D eigenvalue weighted by Gasteiger charge is 2.36. The first-order valence-corrected chi connectivity index (χ1v) is 4.24. The number of hydrogen-bond acceptors (Lipinski definition) is 0. The van der Waals surface area contributed by atoms with Gasteiger partial charge in [-0.15, -0.1) is 0 Å². The number of fused-ring (bicyclic) bond motifs is 5. The van der Waals surface area contributed by atoms with Gasteiger partial charge in [-0.3, -0.25) is 0 Å². The third-order valence-electron chi connectivity index (χ3n) is 2.79. The fraction of sp³-hybridized carbons (Fsp3) is 0.400. The van der Waals surface area contributed by atoms with E-state index in [-0.39, 0.29) is 0 Å². The molecule has 0 spiro atoms. The van der Waals surface area contributed by atoms with E-state index in [0.717, 1.165) is 0 Å². The first kappa shape index (κ1) is 5.78. The Morgan fingerprint density at radius 2 is 1.55 bits per heavy atom. The lowest BCUT2D eigenvalue weighted by Crippen LogP contribution is -1.95. The second-order valence-electron chi connectivity index (χ2n) is 3.39. The Morgan fingerprint density at radius 3 is 2.09 bits per heavy atom. The molecule has 55 valence electrons. The highest BCUT2D eigenvalue weighted by Crippen LogP contribution is 2.46. The molecule has 3 rings (SSSR count). The topological polar surface area (TPSA) is 14.1 Å². The van der Waals surface area contributed by atoms with E-state index >= 15 is 0 Å². The van der Waals surface area contributed by atoms with Crippen molar-refractivity contribution in [2.24, 2.45) is 0 Å². The van der Waals surface area contributed by atoms with E-state index in [4.69, 9.17) is 0 Å². The molecule has 2 heterocycles. The summed E-state index contributed by atoms with van der Waals surface area (Å²) in [5.74, 6) is 0. The van der Waals surface area contributed by atoms with E-state index in [1.165, 1.54) is 24.0 Å². The predicted molar refractivity (Wildman–Crippen MR) is 43.3 cm³/mol. The first-order valence-electron chi connectivity index (χ1n) is 4.24. The van der Waals surface area contributed by atoms with Crippen LogP contribution in [-0.2, 0) is 0 Å². The van der Waals surface area contributed by atoms with Crippen molar-refractivity contribution < 1.29 is 0 Å². The third kappa shape index (κ3) is 0.641. The van der Waals surface area contributed by atoms with Gasteiger partial charge in [0.25, 0.3) is 0 Å². The molecule has 0 saturated carbocycles. The molecule has 1 nitrogen and oxygen atoms in total. The van der Waals surface area contributed by atoms with Crippen molar-refractivity contribution in [3.63, 3.8) is 0 Å². The Balaban J connectivity index is 2.23. The second kappa shape index (κ2) is 1.86. The fourth-order valence-electron chi connectivity index (χ4n) is 2.27. The summed E-state index contributed by atoms with van der Waals surface area (Å²) < 4.78 is 0. The van der Waals surface area contributed by atoms with Gasteiger partial charge in [-0.25, -0.2) is 5.32 Å². The van der Waals surface area contributed by atoms with Crippen LogP contribution in [0.5, 0.6) is 0 Å². The Morgan fingerprint density at radius 1 is 1.00 bits per heavy atom. The maximum Gasteiger partial charge on any atom is 0.0506 e.